The van der Waals surface area contributed by atoms with Crippen molar-refractivity contribution in [2.45, 2.75) is 6.92 Å². The first-order chi connectivity index (χ1) is 10.9. The summed E-state index contributed by atoms with van der Waals surface area (Å²) < 4.78 is 15.8. The first-order valence-corrected chi connectivity index (χ1v) is 7.62. The number of benzene rings is 2. The first kappa shape index (κ1) is 15.2. The summed E-state index contributed by atoms with van der Waals surface area (Å²) in [6, 6.07) is 8.53. The van der Waals surface area contributed by atoms with Gasteiger partial charge in [0.15, 0.2) is 10.9 Å². The van der Waals surface area contributed by atoms with Crippen LogP contribution in [0.1, 0.15) is 5.56 Å². The number of aromatic nitrogens is 1. The number of nitrogen functional groups attached to an aromatic ring is 1. The molecular formula is C16H14FN3O2S. The number of carbonyl (C=O) groups is 1. The van der Waals surface area contributed by atoms with Gasteiger partial charge in [-0.3, -0.25) is 4.90 Å². The van der Waals surface area contributed by atoms with E-state index in [2.05, 4.69) is 4.98 Å². The Balaban J connectivity index is 2.20. The van der Waals surface area contributed by atoms with Gasteiger partial charge in [-0.25, -0.2) is 14.2 Å². The van der Waals surface area contributed by atoms with Crippen LogP contribution in [0.15, 0.2) is 30.3 Å². The topological polar surface area (TPSA) is 79.5 Å². The average Bonchev–Trinajstić information content (AvgIpc) is 2.86. The van der Waals surface area contributed by atoms with Gasteiger partial charge < -0.3 is 10.8 Å². The number of carboxylic acid groups (broad SMARTS) is 1. The van der Waals surface area contributed by atoms with Crippen LogP contribution in [-0.4, -0.2) is 23.2 Å². The summed E-state index contributed by atoms with van der Waals surface area (Å²) in [4.78, 5) is 16.1. The van der Waals surface area contributed by atoms with Crippen LogP contribution in [-0.2, 0) is 0 Å². The third-order valence-corrected chi connectivity index (χ3v) is 4.52. The second-order valence-corrected chi connectivity index (χ2v) is 6.23. The van der Waals surface area contributed by atoms with Crippen molar-refractivity contribution in [1.29, 1.82) is 0 Å². The highest BCUT2D eigenvalue weighted by molar-refractivity contribution is 7.22. The van der Waals surface area contributed by atoms with Crippen LogP contribution >= 0.6 is 11.3 Å². The van der Waals surface area contributed by atoms with Crippen molar-refractivity contribution in [3.05, 3.63) is 41.7 Å². The van der Waals surface area contributed by atoms with E-state index in [0.29, 0.717) is 16.3 Å². The predicted octanol–water partition coefficient (Wildman–Crippen LogP) is 4.11. The quantitative estimate of drug-likeness (QED) is 0.741. The lowest BCUT2D eigenvalue weighted by Gasteiger charge is -2.17. The fourth-order valence-corrected chi connectivity index (χ4v) is 3.25. The van der Waals surface area contributed by atoms with Crippen molar-refractivity contribution >= 4 is 38.5 Å². The highest BCUT2D eigenvalue weighted by atomic mass is 32.1. The molecule has 1 amide bonds. The third kappa shape index (κ3) is 2.59. The molecule has 0 spiro atoms. The van der Waals surface area contributed by atoms with Gasteiger partial charge in [0.25, 0.3) is 0 Å². The minimum Gasteiger partial charge on any atom is -0.465 e. The average molecular weight is 331 g/mol. The summed E-state index contributed by atoms with van der Waals surface area (Å²) in [5.74, 6) is -0.563. The van der Waals surface area contributed by atoms with Gasteiger partial charge in [-0.1, -0.05) is 23.5 Å². The summed E-state index contributed by atoms with van der Waals surface area (Å²) in [5, 5.41) is 9.53. The normalized spacial score (nSPS) is 10.9. The first-order valence-electron chi connectivity index (χ1n) is 6.80. The Hall–Kier alpha value is -2.67. The monoisotopic (exact) mass is 331 g/mol. The van der Waals surface area contributed by atoms with E-state index in [0.717, 1.165) is 20.7 Å². The molecule has 118 valence electrons. The molecule has 23 heavy (non-hydrogen) atoms. The van der Waals surface area contributed by atoms with Crippen LogP contribution < -0.4 is 10.6 Å². The van der Waals surface area contributed by atoms with Gasteiger partial charge in [0.2, 0.25) is 0 Å². The largest absolute Gasteiger partial charge is 0.465 e. The van der Waals surface area contributed by atoms with Gasteiger partial charge in [0.05, 0.1) is 15.9 Å². The fraction of sp³-hybridized carbons (Fsp3) is 0.125. The van der Waals surface area contributed by atoms with E-state index in [1.54, 1.807) is 25.1 Å². The number of halogens is 1. The van der Waals surface area contributed by atoms with Crippen LogP contribution in [0.5, 0.6) is 0 Å². The van der Waals surface area contributed by atoms with Crippen LogP contribution in [0.25, 0.3) is 21.3 Å². The van der Waals surface area contributed by atoms with Crippen molar-refractivity contribution < 1.29 is 14.3 Å². The number of rotatable bonds is 2. The maximum atomic E-state index is 14.9. The molecule has 0 radical (unpaired) electrons. The molecule has 0 atom stereocenters. The van der Waals surface area contributed by atoms with Gasteiger partial charge in [-0.15, -0.1) is 0 Å². The summed E-state index contributed by atoms with van der Waals surface area (Å²) >= 11 is 1.33. The summed E-state index contributed by atoms with van der Waals surface area (Å²) in [7, 11) is 1.31. The van der Waals surface area contributed by atoms with Crippen LogP contribution in [0.2, 0.25) is 0 Å². The molecule has 0 aliphatic heterocycles. The molecule has 7 heteroatoms. The third-order valence-electron chi connectivity index (χ3n) is 3.67. The van der Waals surface area contributed by atoms with Gasteiger partial charge in [0.1, 0.15) is 0 Å². The Morgan fingerprint density at radius 2 is 2.09 bits per heavy atom. The van der Waals surface area contributed by atoms with Crippen molar-refractivity contribution in [3.8, 4) is 11.1 Å². The Kier molecular flexibility index (Phi) is 3.65. The van der Waals surface area contributed by atoms with Crippen LogP contribution in [0, 0.1) is 12.7 Å². The maximum absolute atomic E-state index is 14.9. The Morgan fingerprint density at radius 1 is 1.35 bits per heavy atom. The Morgan fingerprint density at radius 3 is 2.78 bits per heavy atom. The van der Waals surface area contributed by atoms with Crippen molar-refractivity contribution in [2.75, 3.05) is 17.7 Å². The Labute approximate surface area is 135 Å². The number of hydrogen-bond donors (Lipinski definition) is 2. The molecule has 5 nitrogen and oxygen atoms in total. The molecular weight excluding hydrogens is 317 g/mol. The van der Waals surface area contributed by atoms with E-state index < -0.39 is 11.9 Å². The lowest BCUT2D eigenvalue weighted by Crippen LogP contribution is -2.25. The van der Waals surface area contributed by atoms with Crippen molar-refractivity contribution in [2.24, 2.45) is 0 Å². The van der Waals surface area contributed by atoms with Gasteiger partial charge in [-0.05, 0) is 36.2 Å². The minimum atomic E-state index is -1.22. The number of aryl methyl sites for hydroxylation is 1. The number of amides is 1. The van der Waals surface area contributed by atoms with Gasteiger partial charge in [-0.2, -0.15) is 0 Å². The molecule has 2 aromatic carbocycles. The zero-order chi connectivity index (χ0) is 16.7. The number of nitrogens with two attached hydrogens (primary N) is 1. The van der Waals surface area contributed by atoms with E-state index in [-0.39, 0.29) is 5.69 Å². The highest BCUT2D eigenvalue weighted by Crippen LogP contribution is 2.35. The molecule has 0 saturated heterocycles. The standard InChI is InChI=1S/C16H14FN3O2S/c1-8-3-6-11(20(2)16(21)22)14(17)13(8)9-4-5-10-12(7-9)23-15(18)19-10/h3-7H,1-2H3,(H2,18,19)(H,21,22). The smallest absolute Gasteiger partial charge is 0.411 e. The van der Waals surface area contributed by atoms with Crippen LogP contribution in [0.3, 0.4) is 0 Å². The van der Waals surface area contributed by atoms with Crippen LogP contribution in [0.4, 0.5) is 20.0 Å². The van der Waals surface area contributed by atoms with Crippen molar-refractivity contribution in [1.82, 2.24) is 4.98 Å². The second kappa shape index (κ2) is 5.51. The number of anilines is 2. The predicted molar refractivity (Wildman–Crippen MR) is 90.6 cm³/mol. The zero-order valence-corrected chi connectivity index (χ0v) is 13.3. The SMILES string of the molecule is Cc1ccc(N(C)C(=O)O)c(F)c1-c1ccc2nc(N)sc2c1. The van der Waals surface area contributed by atoms with E-state index in [9.17, 15) is 9.18 Å². The number of fused-ring (bicyclic) bond motifs is 1. The molecule has 0 bridgehead atoms. The van der Waals surface area contributed by atoms with E-state index >= 15 is 0 Å². The number of hydrogen-bond acceptors (Lipinski definition) is 4. The second-order valence-electron chi connectivity index (χ2n) is 5.17. The lowest BCUT2D eigenvalue weighted by atomic mass is 9.98. The van der Waals surface area contributed by atoms with Gasteiger partial charge >= 0.3 is 6.09 Å². The van der Waals surface area contributed by atoms with E-state index in [4.69, 9.17) is 10.8 Å². The molecule has 3 rings (SSSR count). The lowest BCUT2D eigenvalue weighted by molar-refractivity contribution is 0.203. The van der Waals surface area contributed by atoms with Gasteiger partial charge in [0, 0.05) is 12.6 Å². The summed E-state index contributed by atoms with van der Waals surface area (Å²) in [6.45, 7) is 1.79. The molecule has 0 fully saturated rings. The highest BCUT2D eigenvalue weighted by Gasteiger charge is 2.19. The molecule has 3 N–H and O–H groups in total. The zero-order valence-electron chi connectivity index (χ0n) is 12.5. The molecule has 0 aliphatic carbocycles. The molecule has 0 aliphatic rings. The number of thiazole rings is 1. The molecule has 1 heterocycles. The molecule has 0 unspecified atom stereocenters. The van der Waals surface area contributed by atoms with Crippen molar-refractivity contribution in [3.63, 3.8) is 0 Å². The Bertz CT molecular complexity index is 923. The fourth-order valence-electron chi connectivity index (χ4n) is 2.48. The molecule has 0 saturated carbocycles. The summed E-state index contributed by atoms with van der Waals surface area (Å²) in [5.41, 5.74) is 8.24. The minimum absolute atomic E-state index is 0.0158. The molecule has 1 aromatic heterocycles. The van der Waals surface area contributed by atoms with E-state index in [1.165, 1.54) is 24.5 Å². The molecule has 3 aromatic rings. The van der Waals surface area contributed by atoms with E-state index in [1.807, 2.05) is 6.07 Å². The maximum Gasteiger partial charge on any atom is 0.411 e. The number of nitrogens with zero attached hydrogens (tertiary/aromatic N) is 2. The summed E-state index contributed by atoms with van der Waals surface area (Å²) in [6.07, 6.45) is -1.22.